The van der Waals surface area contributed by atoms with E-state index in [1.165, 1.54) is 12.0 Å². The fourth-order valence-electron chi connectivity index (χ4n) is 2.95. The first-order valence-electron chi connectivity index (χ1n) is 7.50. The quantitative estimate of drug-likeness (QED) is 0.793. The van der Waals surface area contributed by atoms with Gasteiger partial charge in [0, 0.05) is 18.3 Å². The number of carbonyl (C=O) groups excluding carboxylic acids is 2. The molecule has 0 aromatic heterocycles. The van der Waals surface area contributed by atoms with Gasteiger partial charge in [0.05, 0.1) is 18.2 Å². The van der Waals surface area contributed by atoms with Gasteiger partial charge in [0.1, 0.15) is 11.6 Å². The van der Waals surface area contributed by atoms with Crippen molar-refractivity contribution in [3.05, 3.63) is 64.7 Å². The Hall–Kier alpha value is -2.76. The van der Waals surface area contributed by atoms with Crippen LogP contribution in [0.5, 0.6) is 0 Å². The number of nitrogens with zero attached hydrogens (tertiary/aromatic N) is 1. The average molecular weight is 331 g/mol. The van der Waals surface area contributed by atoms with Gasteiger partial charge in [-0.05, 0) is 42.7 Å². The number of halogens is 2. The van der Waals surface area contributed by atoms with Crippen LogP contribution in [0.1, 0.15) is 32.7 Å². The van der Waals surface area contributed by atoms with Crippen molar-refractivity contribution >= 4 is 17.6 Å². The average Bonchev–Trinajstić information content (AvgIpc) is 2.59. The minimum Gasteiger partial charge on any atom is -0.465 e. The van der Waals surface area contributed by atoms with Gasteiger partial charge in [0.15, 0.2) is 0 Å². The van der Waals surface area contributed by atoms with E-state index >= 15 is 0 Å². The number of amides is 1. The summed E-state index contributed by atoms with van der Waals surface area (Å²) in [4.78, 5) is 26.0. The molecule has 0 bridgehead atoms. The van der Waals surface area contributed by atoms with E-state index < -0.39 is 23.5 Å². The van der Waals surface area contributed by atoms with Crippen molar-refractivity contribution in [2.45, 2.75) is 12.8 Å². The first kappa shape index (κ1) is 16.1. The molecule has 0 atom stereocenters. The van der Waals surface area contributed by atoms with Crippen LogP contribution in [0, 0.1) is 11.6 Å². The fraction of sp³-hybridized carbons (Fsp3) is 0.222. The lowest BCUT2D eigenvalue weighted by molar-refractivity contribution is 0.0599. The first-order chi connectivity index (χ1) is 11.5. The number of methoxy groups -OCH3 is 1. The molecule has 6 heteroatoms. The topological polar surface area (TPSA) is 46.6 Å². The number of anilines is 1. The number of hydrogen-bond acceptors (Lipinski definition) is 3. The van der Waals surface area contributed by atoms with Crippen LogP contribution in [0.25, 0.3) is 0 Å². The number of hydrogen-bond donors (Lipinski definition) is 0. The summed E-state index contributed by atoms with van der Waals surface area (Å²) >= 11 is 0. The van der Waals surface area contributed by atoms with E-state index in [0.29, 0.717) is 42.3 Å². The van der Waals surface area contributed by atoms with Crippen LogP contribution in [0.3, 0.4) is 0 Å². The molecular weight excluding hydrogens is 316 g/mol. The Morgan fingerprint density at radius 3 is 2.62 bits per heavy atom. The van der Waals surface area contributed by atoms with Gasteiger partial charge in [-0.25, -0.2) is 13.6 Å². The Bertz CT molecular complexity index is 820. The number of carbonyl (C=O) groups is 2. The summed E-state index contributed by atoms with van der Waals surface area (Å²) in [7, 11) is 1.29. The zero-order valence-electron chi connectivity index (χ0n) is 13.0. The van der Waals surface area contributed by atoms with Crippen molar-refractivity contribution in [2.75, 3.05) is 18.6 Å². The van der Waals surface area contributed by atoms with Crippen LogP contribution in [-0.2, 0) is 11.2 Å². The number of esters is 1. The Morgan fingerprint density at radius 1 is 1.12 bits per heavy atom. The zero-order valence-corrected chi connectivity index (χ0v) is 13.0. The molecule has 1 aliphatic heterocycles. The molecule has 0 radical (unpaired) electrons. The second-order valence-corrected chi connectivity index (χ2v) is 5.48. The molecule has 2 aromatic rings. The molecule has 0 saturated heterocycles. The zero-order chi connectivity index (χ0) is 17.3. The molecule has 1 heterocycles. The summed E-state index contributed by atoms with van der Waals surface area (Å²) in [6.45, 7) is 0.396. The highest BCUT2D eigenvalue weighted by atomic mass is 19.1. The number of rotatable bonds is 2. The van der Waals surface area contributed by atoms with Gasteiger partial charge in [-0.2, -0.15) is 0 Å². The predicted molar refractivity (Wildman–Crippen MR) is 84.1 cm³/mol. The van der Waals surface area contributed by atoms with Crippen LogP contribution < -0.4 is 4.90 Å². The minimum absolute atomic E-state index is 0.201. The minimum atomic E-state index is -0.906. The molecule has 1 amide bonds. The Labute approximate surface area is 137 Å². The molecule has 1 aliphatic rings. The van der Waals surface area contributed by atoms with Gasteiger partial charge in [-0.1, -0.05) is 6.07 Å². The Kier molecular flexibility index (Phi) is 4.29. The molecule has 124 valence electrons. The maximum absolute atomic E-state index is 13.9. The van der Waals surface area contributed by atoms with Crippen molar-refractivity contribution in [3.8, 4) is 0 Å². The molecule has 0 aliphatic carbocycles. The first-order valence-corrected chi connectivity index (χ1v) is 7.50. The monoisotopic (exact) mass is 331 g/mol. The Balaban J connectivity index is 2.03. The summed E-state index contributed by atoms with van der Waals surface area (Å²) in [5.74, 6) is -2.68. The molecule has 0 spiro atoms. The third kappa shape index (κ3) is 2.75. The van der Waals surface area contributed by atoms with Crippen molar-refractivity contribution in [1.82, 2.24) is 0 Å². The molecule has 0 saturated carbocycles. The van der Waals surface area contributed by atoms with Crippen LogP contribution in [-0.4, -0.2) is 25.5 Å². The lowest BCUT2D eigenvalue weighted by atomic mass is 9.95. The summed E-state index contributed by atoms with van der Waals surface area (Å²) < 4.78 is 31.8. The van der Waals surface area contributed by atoms with Crippen LogP contribution in [0.4, 0.5) is 14.5 Å². The Morgan fingerprint density at radius 2 is 1.92 bits per heavy atom. The summed E-state index contributed by atoms with van der Waals surface area (Å²) in [6, 6.07) is 7.86. The molecule has 0 unspecified atom stereocenters. The second-order valence-electron chi connectivity index (χ2n) is 5.48. The standard InChI is InChI=1S/C18H15F2NO3/c1-24-18(23)13-4-2-6-16-12(13)5-3-9-21(16)17(22)14-8-7-11(19)10-15(14)20/h2,4,6-8,10H,3,5,9H2,1H3. The number of ether oxygens (including phenoxy) is 1. The summed E-state index contributed by atoms with van der Waals surface area (Å²) in [5, 5.41) is 0. The van der Waals surface area contributed by atoms with Gasteiger partial charge in [-0.15, -0.1) is 0 Å². The smallest absolute Gasteiger partial charge is 0.338 e. The maximum Gasteiger partial charge on any atom is 0.338 e. The van der Waals surface area contributed by atoms with Crippen LogP contribution >= 0.6 is 0 Å². The van der Waals surface area contributed by atoms with Crippen LogP contribution in [0.2, 0.25) is 0 Å². The SMILES string of the molecule is COC(=O)c1cccc2c1CCCN2C(=O)c1ccc(F)cc1F. The van der Waals surface area contributed by atoms with Gasteiger partial charge in [-0.3, -0.25) is 4.79 Å². The van der Waals surface area contributed by atoms with Crippen molar-refractivity contribution in [3.63, 3.8) is 0 Å². The van der Waals surface area contributed by atoms with E-state index in [1.54, 1.807) is 18.2 Å². The third-order valence-corrected chi connectivity index (χ3v) is 4.06. The maximum atomic E-state index is 13.9. The molecule has 3 rings (SSSR count). The summed E-state index contributed by atoms with van der Waals surface area (Å²) in [6.07, 6.45) is 1.26. The van der Waals surface area contributed by atoms with Crippen molar-refractivity contribution in [1.29, 1.82) is 0 Å². The molecular formula is C18H15F2NO3. The lowest BCUT2D eigenvalue weighted by Crippen LogP contribution is -2.36. The third-order valence-electron chi connectivity index (χ3n) is 4.06. The summed E-state index contributed by atoms with van der Waals surface area (Å²) in [5.41, 5.74) is 1.45. The highest BCUT2D eigenvalue weighted by Crippen LogP contribution is 2.31. The molecule has 0 N–H and O–H groups in total. The number of benzene rings is 2. The number of fused-ring (bicyclic) bond motifs is 1. The highest BCUT2D eigenvalue weighted by Gasteiger charge is 2.28. The lowest BCUT2D eigenvalue weighted by Gasteiger charge is -2.30. The van der Waals surface area contributed by atoms with E-state index in [9.17, 15) is 18.4 Å². The molecule has 24 heavy (non-hydrogen) atoms. The van der Waals surface area contributed by atoms with Crippen molar-refractivity contribution < 1.29 is 23.1 Å². The molecule has 2 aromatic carbocycles. The van der Waals surface area contributed by atoms with E-state index in [2.05, 4.69) is 0 Å². The van der Waals surface area contributed by atoms with Crippen molar-refractivity contribution in [2.24, 2.45) is 0 Å². The van der Waals surface area contributed by atoms with Gasteiger partial charge < -0.3 is 9.64 Å². The van der Waals surface area contributed by atoms with Gasteiger partial charge >= 0.3 is 5.97 Å². The fourth-order valence-corrected chi connectivity index (χ4v) is 2.95. The highest BCUT2D eigenvalue weighted by molar-refractivity contribution is 6.07. The molecule has 0 fully saturated rings. The normalized spacial score (nSPS) is 13.4. The second kappa shape index (κ2) is 6.39. The van der Waals surface area contributed by atoms with Gasteiger partial charge in [0.25, 0.3) is 5.91 Å². The largest absolute Gasteiger partial charge is 0.465 e. The van der Waals surface area contributed by atoms with E-state index in [4.69, 9.17) is 4.74 Å². The van der Waals surface area contributed by atoms with E-state index in [-0.39, 0.29) is 5.56 Å². The van der Waals surface area contributed by atoms with E-state index in [1.807, 2.05) is 0 Å². The molecule has 4 nitrogen and oxygen atoms in total. The van der Waals surface area contributed by atoms with Gasteiger partial charge in [0.2, 0.25) is 0 Å². The van der Waals surface area contributed by atoms with E-state index in [0.717, 1.165) is 12.1 Å². The van der Waals surface area contributed by atoms with Crippen LogP contribution in [0.15, 0.2) is 36.4 Å². The predicted octanol–water partition coefficient (Wildman–Crippen LogP) is 3.34.